The molecule has 3 rings (SSSR count). The van der Waals surface area contributed by atoms with Crippen LogP contribution in [-0.4, -0.2) is 58.7 Å². The second-order valence-electron chi connectivity index (χ2n) is 6.66. The number of carbonyl (C=O) groups excluding carboxylic acids is 3. The maximum atomic E-state index is 12.7. The largest absolute Gasteiger partial charge is 0.453 e. The van der Waals surface area contributed by atoms with Crippen molar-refractivity contribution in [3.8, 4) is 0 Å². The number of benzene rings is 1. The van der Waals surface area contributed by atoms with Crippen LogP contribution in [0.3, 0.4) is 0 Å². The summed E-state index contributed by atoms with van der Waals surface area (Å²) in [6.07, 6.45) is -0.305. The number of β-lactam (4-membered cyclic amide) rings is 1. The molecule has 3 atom stereocenters. The third-order valence-electron chi connectivity index (χ3n) is 4.78. The van der Waals surface area contributed by atoms with Crippen LogP contribution in [0.15, 0.2) is 39.3 Å². The lowest BCUT2D eigenvalue weighted by Crippen LogP contribution is -2.61. The number of ether oxygens (including phenoxy) is 1. The summed E-state index contributed by atoms with van der Waals surface area (Å²) >= 11 is 4.70. The molecule has 1 saturated heterocycles. The number of aliphatic hydroxyl groups is 1. The minimum atomic E-state index is -0.788. The fraction of sp³-hybridized carbons (Fsp3) is 0.421. The van der Waals surface area contributed by atoms with Gasteiger partial charge in [0.15, 0.2) is 12.4 Å². The van der Waals surface area contributed by atoms with Gasteiger partial charge in [-0.25, -0.2) is 4.79 Å². The number of thioether (sulfide) groups is 1. The Morgan fingerprint density at radius 1 is 1.39 bits per heavy atom. The summed E-state index contributed by atoms with van der Waals surface area (Å²) in [4.78, 5) is 39.5. The lowest BCUT2D eigenvalue weighted by Gasteiger charge is -2.44. The lowest BCUT2D eigenvalue weighted by molar-refractivity contribution is -0.162. The first-order valence-corrected chi connectivity index (χ1v) is 10.7. The first-order valence-electron chi connectivity index (χ1n) is 8.88. The quantitative estimate of drug-likeness (QED) is 0.339. The first kappa shape index (κ1) is 21.0. The van der Waals surface area contributed by atoms with E-state index in [1.165, 1.54) is 16.7 Å². The normalized spacial score (nSPS) is 22.0. The van der Waals surface area contributed by atoms with Gasteiger partial charge in [0.1, 0.15) is 5.70 Å². The highest BCUT2D eigenvalue weighted by Gasteiger charge is 2.57. The Morgan fingerprint density at radius 3 is 2.68 bits per heavy atom. The predicted molar refractivity (Wildman–Crippen MR) is 108 cm³/mol. The number of halogens is 1. The SMILES string of the molecule is C[C@@H](O)[C@H]1C(=O)N2C(C(=O)OCC(=O)c3ccc(Br)cc3)=C(SCCN)C[C@H]12. The number of carbonyl (C=O) groups is 3. The third-order valence-corrected chi connectivity index (χ3v) is 6.45. The molecule has 2 aliphatic rings. The van der Waals surface area contributed by atoms with Gasteiger partial charge in [-0.1, -0.05) is 28.1 Å². The molecule has 0 spiro atoms. The molecular formula is C19H21BrN2O5S. The Morgan fingerprint density at radius 2 is 2.07 bits per heavy atom. The van der Waals surface area contributed by atoms with E-state index >= 15 is 0 Å². The standard InChI is InChI=1S/C19H21BrN2O5S/c1-10(23)16-13-8-15(28-7-6-21)17(22(13)18(16)25)19(26)27-9-14(24)11-2-4-12(20)5-3-11/h2-5,10,13,16,23H,6-9,21H2,1H3/t10-,13-,16-/m1/s1. The smallest absolute Gasteiger partial charge is 0.356 e. The third kappa shape index (κ3) is 4.03. The number of rotatable bonds is 8. The molecule has 9 heteroatoms. The Kier molecular flexibility index (Phi) is 6.59. The van der Waals surface area contributed by atoms with Gasteiger partial charge in [0.25, 0.3) is 0 Å². The monoisotopic (exact) mass is 468 g/mol. The molecule has 0 bridgehead atoms. The number of amides is 1. The number of fused-ring (bicyclic) bond motifs is 1. The molecule has 150 valence electrons. The first-order chi connectivity index (χ1) is 13.3. The van der Waals surface area contributed by atoms with E-state index in [1.54, 1.807) is 31.2 Å². The van der Waals surface area contributed by atoms with E-state index in [9.17, 15) is 19.5 Å². The number of nitrogens with two attached hydrogens (primary N) is 1. The molecule has 0 aliphatic carbocycles. The zero-order valence-corrected chi connectivity index (χ0v) is 17.7. The Hall–Kier alpha value is -1.68. The van der Waals surface area contributed by atoms with Crippen LogP contribution in [0, 0.1) is 5.92 Å². The minimum Gasteiger partial charge on any atom is -0.453 e. The molecule has 7 nitrogen and oxygen atoms in total. The average Bonchev–Trinajstić information content (AvgIpc) is 2.98. The Bertz CT molecular complexity index is 824. The van der Waals surface area contributed by atoms with Crippen molar-refractivity contribution < 1.29 is 24.2 Å². The summed E-state index contributed by atoms with van der Waals surface area (Å²) in [5, 5.41) is 9.84. The maximum absolute atomic E-state index is 12.7. The van der Waals surface area contributed by atoms with Gasteiger partial charge in [-0.05, 0) is 19.1 Å². The van der Waals surface area contributed by atoms with Gasteiger partial charge in [0, 0.05) is 33.7 Å². The van der Waals surface area contributed by atoms with Crippen LogP contribution >= 0.6 is 27.7 Å². The van der Waals surface area contributed by atoms with Gasteiger partial charge in [0.2, 0.25) is 5.91 Å². The number of Topliss-reactive ketones (excluding diaryl/α,β-unsaturated/α-hetero) is 1. The van der Waals surface area contributed by atoms with E-state index in [0.717, 1.165) is 4.47 Å². The van der Waals surface area contributed by atoms with Crippen LogP contribution in [0.2, 0.25) is 0 Å². The summed E-state index contributed by atoms with van der Waals surface area (Å²) in [5.41, 5.74) is 6.17. The van der Waals surface area contributed by atoms with Crippen molar-refractivity contribution in [1.82, 2.24) is 4.90 Å². The zero-order chi connectivity index (χ0) is 20.4. The molecule has 1 aromatic carbocycles. The van der Waals surface area contributed by atoms with Crippen LogP contribution in [-0.2, 0) is 14.3 Å². The number of hydrogen-bond donors (Lipinski definition) is 2. The van der Waals surface area contributed by atoms with Gasteiger partial charge in [0.05, 0.1) is 18.1 Å². The van der Waals surface area contributed by atoms with E-state index in [2.05, 4.69) is 15.9 Å². The van der Waals surface area contributed by atoms with Crippen LogP contribution in [0.4, 0.5) is 0 Å². The predicted octanol–water partition coefficient (Wildman–Crippen LogP) is 1.69. The van der Waals surface area contributed by atoms with Crippen molar-refractivity contribution in [1.29, 1.82) is 0 Å². The molecule has 1 aromatic rings. The lowest BCUT2D eigenvalue weighted by atomic mass is 9.83. The molecule has 1 amide bonds. The minimum absolute atomic E-state index is 0.175. The van der Waals surface area contributed by atoms with E-state index in [1.807, 2.05) is 0 Å². The van der Waals surface area contributed by atoms with Gasteiger partial charge < -0.3 is 20.5 Å². The van der Waals surface area contributed by atoms with Crippen molar-refractivity contribution >= 4 is 45.4 Å². The molecule has 0 unspecified atom stereocenters. The zero-order valence-electron chi connectivity index (χ0n) is 15.3. The maximum Gasteiger partial charge on any atom is 0.356 e. The molecule has 3 N–H and O–H groups in total. The highest BCUT2D eigenvalue weighted by atomic mass is 79.9. The average molecular weight is 469 g/mol. The molecule has 0 radical (unpaired) electrons. The molecule has 1 fully saturated rings. The Labute approximate surface area is 175 Å². The second kappa shape index (κ2) is 8.77. The number of ketones is 1. The van der Waals surface area contributed by atoms with Crippen LogP contribution in [0.5, 0.6) is 0 Å². The van der Waals surface area contributed by atoms with Gasteiger partial charge in [-0.3, -0.25) is 9.59 Å². The summed E-state index contributed by atoms with van der Waals surface area (Å²) in [6.45, 7) is 1.59. The van der Waals surface area contributed by atoms with Crippen molar-refractivity contribution in [3.63, 3.8) is 0 Å². The van der Waals surface area contributed by atoms with Crippen LogP contribution < -0.4 is 5.73 Å². The number of esters is 1. The number of aliphatic hydroxyl groups excluding tert-OH is 1. The summed E-state index contributed by atoms with van der Waals surface area (Å²) in [5.74, 6) is -1.26. The Balaban J connectivity index is 1.71. The van der Waals surface area contributed by atoms with Crippen molar-refractivity contribution in [2.24, 2.45) is 11.7 Å². The van der Waals surface area contributed by atoms with E-state index < -0.39 is 24.6 Å². The highest BCUT2D eigenvalue weighted by molar-refractivity contribution is 9.10. The van der Waals surface area contributed by atoms with Crippen LogP contribution in [0.1, 0.15) is 23.7 Å². The fourth-order valence-electron chi connectivity index (χ4n) is 3.45. The molecular weight excluding hydrogens is 448 g/mol. The number of hydrogen-bond acceptors (Lipinski definition) is 7. The molecule has 2 heterocycles. The second-order valence-corrected chi connectivity index (χ2v) is 8.77. The van der Waals surface area contributed by atoms with Gasteiger partial charge in [-0.2, -0.15) is 0 Å². The summed E-state index contributed by atoms with van der Waals surface area (Å²) < 4.78 is 6.06. The van der Waals surface area contributed by atoms with Gasteiger partial charge >= 0.3 is 5.97 Å². The molecule has 2 aliphatic heterocycles. The van der Waals surface area contributed by atoms with Crippen LogP contribution in [0.25, 0.3) is 0 Å². The highest BCUT2D eigenvalue weighted by Crippen LogP contribution is 2.47. The van der Waals surface area contributed by atoms with E-state index in [4.69, 9.17) is 10.5 Å². The van der Waals surface area contributed by atoms with Crippen molar-refractivity contribution in [2.75, 3.05) is 18.9 Å². The van der Waals surface area contributed by atoms with Crippen molar-refractivity contribution in [2.45, 2.75) is 25.5 Å². The van der Waals surface area contributed by atoms with E-state index in [0.29, 0.717) is 29.2 Å². The molecule has 0 saturated carbocycles. The molecule has 28 heavy (non-hydrogen) atoms. The van der Waals surface area contributed by atoms with Crippen molar-refractivity contribution in [3.05, 3.63) is 44.9 Å². The molecule has 0 aromatic heterocycles. The summed E-state index contributed by atoms with van der Waals surface area (Å²) in [6, 6.07) is 6.49. The van der Waals surface area contributed by atoms with E-state index in [-0.39, 0.29) is 23.4 Å². The van der Waals surface area contributed by atoms with Gasteiger partial charge in [-0.15, -0.1) is 11.8 Å². The number of nitrogens with zero attached hydrogens (tertiary/aromatic N) is 1. The fourth-order valence-corrected chi connectivity index (χ4v) is 4.69. The topological polar surface area (TPSA) is 110 Å². The summed E-state index contributed by atoms with van der Waals surface area (Å²) in [7, 11) is 0.